The van der Waals surface area contributed by atoms with Gasteiger partial charge >= 0.3 is 6.55 Å². The Balaban J connectivity index is 1.76. The highest BCUT2D eigenvalue weighted by Crippen LogP contribution is 2.47. The number of nitrogens with zero attached hydrogens (tertiary/aromatic N) is 5. The van der Waals surface area contributed by atoms with Crippen LogP contribution in [0.25, 0.3) is 5.57 Å². The van der Waals surface area contributed by atoms with Gasteiger partial charge in [0.05, 0.1) is 18.3 Å². The lowest BCUT2D eigenvalue weighted by Gasteiger charge is -2.32. The number of fused-ring (bicyclic) bond motifs is 1. The van der Waals surface area contributed by atoms with Crippen LogP contribution >= 0.6 is 22.9 Å². The maximum atomic E-state index is 13.8. The number of rotatable bonds is 5. The van der Waals surface area contributed by atoms with Gasteiger partial charge in [-0.1, -0.05) is 17.7 Å². The molecule has 1 saturated heterocycles. The van der Waals surface area contributed by atoms with Gasteiger partial charge < -0.3 is 15.7 Å². The fourth-order valence-electron chi connectivity index (χ4n) is 4.22. The third-order valence-corrected chi connectivity index (χ3v) is 6.81. The molecule has 0 bridgehead atoms. The normalized spacial score (nSPS) is 22.8. The minimum Gasteiger partial charge on any atom is -0.394 e. The lowest BCUT2D eigenvalue weighted by atomic mass is 9.89. The van der Waals surface area contributed by atoms with Crippen molar-refractivity contribution in [1.29, 1.82) is 0 Å². The van der Waals surface area contributed by atoms with Gasteiger partial charge in [0.15, 0.2) is 10.8 Å². The van der Waals surface area contributed by atoms with E-state index in [1.165, 1.54) is 41.9 Å². The molecule has 0 spiro atoms. The average Bonchev–Trinajstić information content (AvgIpc) is 3.52. The molecule has 2 aromatic heterocycles. The molecule has 5 rings (SSSR count). The molecule has 7 nitrogen and oxygen atoms in total. The Morgan fingerprint density at radius 1 is 1.36 bits per heavy atom. The second-order valence-corrected chi connectivity index (χ2v) is 9.29. The van der Waals surface area contributed by atoms with Crippen LogP contribution in [0.5, 0.6) is 0 Å². The topological polar surface area (TPSA) is 92.6 Å². The van der Waals surface area contributed by atoms with Crippen LogP contribution in [-0.4, -0.2) is 49.3 Å². The Kier molecular flexibility index (Phi) is 5.52. The monoisotopic (exact) mass is 494 g/mol. The first kappa shape index (κ1) is 22.1. The summed E-state index contributed by atoms with van der Waals surface area (Å²) in [4.78, 5) is 11.1. The Hall–Kier alpha value is -2.73. The van der Waals surface area contributed by atoms with Gasteiger partial charge in [-0.15, -0.1) is 11.3 Å². The Labute approximate surface area is 195 Å². The molecular weight excluding hydrogens is 477 g/mol. The van der Waals surface area contributed by atoms with E-state index < -0.39 is 23.9 Å². The van der Waals surface area contributed by atoms with Gasteiger partial charge in [-0.2, -0.15) is 13.9 Å². The number of aliphatic hydroxyl groups is 1. The van der Waals surface area contributed by atoms with E-state index in [1.54, 1.807) is 11.6 Å². The molecule has 2 aliphatic rings. The highest BCUT2D eigenvalue weighted by Gasteiger charge is 2.45. The standard InChI is InChI=1S/C21H18ClF3N6OS/c22-14-5-12(23)1-2-13(14)17-16(11-7-28-31(8-11)20(24)25)15-6-21(26,10-32)9-30(15)18(29-17)19-27-3-4-33-19/h1-5,7-8,17,20,32H,6,9-10,26H2/t17-,21+/m0/s1. The van der Waals surface area contributed by atoms with Gasteiger partial charge in [0.25, 0.3) is 0 Å². The third kappa shape index (κ3) is 3.84. The number of aliphatic imine (C=N–C) groups is 1. The van der Waals surface area contributed by atoms with Crippen LogP contribution in [0.15, 0.2) is 52.9 Å². The number of aliphatic hydroxyl groups excluding tert-OH is 1. The lowest BCUT2D eigenvalue weighted by Crippen LogP contribution is -2.47. The predicted molar refractivity (Wildman–Crippen MR) is 119 cm³/mol. The summed E-state index contributed by atoms with van der Waals surface area (Å²) in [6.45, 7) is -2.85. The van der Waals surface area contributed by atoms with E-state index in [-0.39, 0.29) is 24.6 Å². The van der Waals surface area contributed by atoms with E-state index in [9.17, 15) is 18.3 Å². The Morgan fingerprint density at radius 3 is 2.82 bits per heavy atom. The second-order valence-electron chi connectivity index (χ2n) is 7.99. The van der Waals surface area contributed by atoms with Crippen molar-refractivity contribution in [2.45, 2.75) is 24.6 Å². The summed E-state index contributed by atoms with van der Waals surface area (Å²) in [5, 5.41) is 16.3. The highest BCUT2D eigenvalue weighted by molar-refractivity contribution is 7.11. The summed E-state index contributed by atoms with van der Waals surface area (Å²) in [5.74, 6) is 0.0170. The van der Waals surface area contributed by atoms with Gasteiger partial charge in [-0.25, -0.2) is 14.1 Å². The summed E-state index contributed by atoms with van der Waals surface area (Å²) in [7, 11) is 0. The third-order valence-electron chi connectivity index (χ3n) is 5.72. The molecule has 0 amide bonds. The maximum Gasteiger partial charge on any atom is 0.333 e. The van der Waals surface area contributed by atoms with Crippen LogP contribution in [0.4, 0.5) is 13.2 Å². The van der Waals surface area contributed by atoms with Crippen molar-refractivity contribution in [3.8, 4) is 0 Å². The number of aromatic nitrogens is 3. The average molecular weight is 495 g/mol. The van der Waals surface area contributed by atoms with Gasteiger partial charge in [0, 0.05) is 52.6 Å². The van der Waals surface area contributed by atoms with Crippen LogP contribution in [0.1, 0.15) is 35.1 Å². The largest absolute Gasteiger partial charge is 0.394 e. The van der Waals surface area contributed by atoms with Crippen LogP contribution in [0, 0.1) is 5.82 Å². The zero-order chi connectivity index (χ0) is 23.3. The molecule has 2 atom stereocenters. The van der Waals surface area contributed by atoms with Crippen LogP contribution in [0.3, 0.4) is 0 Å². The molecule has 2 aliphatic heterocycles. The minimum absolute atomic E-state index is 0.147. The van der Waals surface area contributed by atoms with E-state index in [2.05, 4.69) is 10.1 Å². The SMILES string of the molecule is N[C@]1(CO)CC2=C(c3cnn(C(F)F)c3)[C@H](c3ccc(F)cc3Cl)N=C(c3nccs3)N2C1. The van der Waals surface area contributed by atoms with Gasteiger partial charge in [-0.05, 0) is 17.7 Å². The molecule has 0 aliphatic carbocycles. The van der Waals surface area contributed by atoms with Crippen molar-refractivity contribution in [3.05, 3.63) is 74.8 Å². The molecule has 1 fully saturated rings. The first-order valence-corrected chi connectivity index (χ1v) is 11.2. The summed E-state index contributed by atoms with van der Waals surface area (Å²) in [5.41, 5.74) is 7.64. The summed E-state index contributed by atoms with van der Waals surface area (Å²) < 4.78 is 40.9. The van der Waals surface area contributed by atoms with Crippen molar-refractivity contribution < 1.29 is 18.3 Å². The quantitative estimate of drug-likeness (QED) is 0.562. The van der Waals surface area contributed by atoms with Crippen LogP contribution in [-0.2, 0) is 0 Å². The molecule has 172 valence electrons. The first-order chi connectivity index (χ1) is 15.8. The molecule has 0 saturated carbocycles. The van der Waals surface area contributed by atoms with Gasteiger partial charge in [-0.3, -0.25) is 4.99 Å². The molecule has 3 aromatic rings. The molecule has 4 heterocycles. The van der Waals surface area contributed by atoms with Crippen molar-refractivity contribution in [1.82, 2.24) is 19.7 Å². The van der Waals surface area contributed by atoms with Crippen molar-refractivity contribution >= 4 is 34.3 Å². The molecule has 0 unspecified atom stereocenters. The van der Waals surface area contributed by atoms with Crippen molar-refractivity contribution in [2.24, 2.45) is 10.7 Å². The number of amidine groups is 1. The van der Waals surface area contributed by atoms with E-state index in [0.717, 1.165) is 0 Å². The molecule has 1 aromatic carbocycles. The fourth-order valence-corrected chi connectivity index (χ4v) is 5.13. The number of hydrogen-bond acceptors (Lipinski definition) is 7. The molecule has 12 heteroatoms. The van der Waals surface area contributed by atoms with E-state index in [1.807, 2.05) is 4.90 Å². The van der Waals surface area contributed by atoms with E-state index >= 15 is 0 Å². The molecule has 0 radical (unpaired) electrons. The minimum atomic E-state index is -2.82. The zero-order valence-corrected chi connectivity index (χ0v) is 18.6. The zero-order valence-electron chi connectivity index (χ0n) is 17.0. The number of alkyl halides is 2. The van der Waals surface area contributed by atoms with Crippen molar-refractivity contribution in [3.63, 3.8) is 0 Å². The molecular formula is C21H18ClF3N6OS. The predicted octanol–water partition coefficient (Wildman–Crippen LogP) is 3.84. The van der Waals surface area contributed by atoms with E-state index in [4.69, 9.17) is 22.3 Å². The fraction of sp³-hybridized carbons (Fsp3) is 0.286. The van der Waals surface area contributed by atoms with Crippen LogP contribution < -0.4 is 5.73 Å². The van der Waals surface area contributed by atoms with Crippen molar-refractivity contribution in [2.75, 3.05) is 13.2 Å². The number of thiazole rings is 1. The number of benzene rings is 1. The maximum absolute atomic E-state index is 13.8. The smallest absolute Gasteiger partial charge is 0.333 e. The number of halogens is 4. The summed E-state index contributed by atoms with van der Waals surface area (Å²) >= 11 is 7.78. The summed E-state index contributed by atoms with van der Waals surface area (Å²) in [6, 6.07) is 3.23. The second kappa shape index (κ2) is 8.24. The molecule has 3 N–H and O–H groups in total. The van der Waals surface area contributed by atoms with Crippen LogP contribution in [0.2, 0.25) is 5.02 Å². The Morgan fingerprint density at radius 2 is 2.18 bits per heavy atom. The van der Waals surface area contributed by atoms with Gasteiger partial charge in [0.2, 0.25) is 0 Å². The number of hydrogen-bond donors (Lipinski definition) is 2. The molecule has 33 heavy (non-hydrogen) atoms. The highest BCUT2D eigenvalue weighted by atomic mass is 35.5. The lowest BCUT2D eigenvalue weighted by molar-refractivity contribution is 0.0566. The first-order valence-electron chi connectivity index (χ1n) is 9.95. The van der Waals surface area contributed by atoms with Gasteiger partial charge in [0.1, 0.15) is 11.9 Å². The number of nitrogens with two attached hydrogens (primary N) is 1. The Bertz CT molecular complexity index is 1260. The van der Waals surface area contributed by atoms with E-state index in [0.29, 0.717) is 37.9 Å². The summed E-state index contributed by atoms with van der Waals surface area (Å²) in [6.07, 6.45) is 4.47.